The van der Waals surface area contributed by atoms with Crippen molar-refractivity contribution in [1.29, 1.82) is 0 Å². The molecule has 0 saturated carbocycles. The van der Waals surface area contributed by atoms with Gasteiger partial charge in [0.1, 0.15) is 0 Å². The van der Waals surface area contributed by atoms with Crippen molar-refractivity contribution in [3.8, 4) is 0 Å². The van der Waals surface area contributed by atoms with Gasteiger partial charge in [-0.3, -0.25) is 0 Å². The molecule has 0 aromatic carbocycles. The molecule has 1 aliphatic heterocycles. The number of rotatable bonds is 5. The van der Waals surface area contributed by atoms with Gasteiger partial charge in [-0.1, -0.05) is 0 Å². The second-order valence-corrected chi connectivity index (χ2v) is 3.43. The van der Waals surface area contributed by atoms with Crippen LogP contribution in [0, 0.1) is 0 Å². The van der Waals surface area contributed by atoms with Crippen LogP contribution in [0.1, 0.15) is 20.3 Å². The predicted molar refractivity (Wildman–Crippen MR) is 48.3 cm³/mol. The van der Waals surface area contributed by atoms with Crippen LogP contribution in [0.3, 0.4) is 0 Å². The summed E-state index contributed by atoms with van der Waals surface area (Å²) >= 11 is 0. The van der Waals surface area contributed by atoms with Crippen LogP contribution in [0.25, 0.3) is 0 Å². The van der Waals surface area contributed by atoms with Crippen LogP contribution < -0.4 is 5.32 Å². The molecule has 0 amide bonds. The van der Waals surface area contributed by atoms with E-state index in [1.807, 2.05) is 0 Å². The van der Waals surface area contributed by atoms with E-state index in [0.717, 1.165) is 32.8 Å². The van der Waals surface area contributed by atoms with Gasteiger partial charge in [0.25, 0.3) is 0 Å². The van der Waals surface area contributed by atoms with Gasteiger partial charge in [0.05, 0.1) is 19.3 Å². The highest BCUT2D eigenvalue weighted by atomic mass is 16.5. The van der Waals surface area contributed by atoms with Crippen LogP contribution in [-0.2, 0) is 9.47 Å². The largest absolute Gasteiger partial charge is 0.380 e. The van der Waals surface area contributed by atoms with Crippen molar-refractivity contribution >= 4 is 0 Å². The summed E-state index contributed by atoms with van der Waals surface area (Å²) in [7, 11) is 0. The zero-order chi connectivity index (χ0) is 8.81. The predicted octanol–water partition coefficient (Wildman–Crippen LogP) is 0.790. The van der Waals surface area contributed by atoms with E-state index >= 15 is 0 Å². The molecule has 0 aromatic rings. The Hall–Kier alpha value is -0.120. The van der Waals surface area contributed by atoms with E-state index in [-0.39, 0.29) is 0 Å². The van der Waals surface area contributed by atoms with Crippen LogP contribution in [-0.4, -0.2) is 38.5 Å². The Kier molecular flexibility index (Phi) is 4.58. The first kappa shape index (κ1) is 9.96. The smallest absolute Gasteiger partial charge is 0.0620 e. The molecule has 0 aliphatic carbocycles. The maximum absolute atomic E-state index is 5.40. The van der Waals surface area contributed by atoms with Gasteiger partial charge in [0, 0.05) is 19.2 Å². The third-order valence-electron chi connectivity index (χ3n) is 1.92. The van der Waals surface area contributed by atoms with Crippen molar-refractivity contribution in [2.24, 2.45) is 0 Å². The van der Waals surface area contributed by atoms with Crippen LogP contribution in [0.2, 0.25) is 0 Å². The molecule has 0 bridgehead atoms. The van der Waals surface area contributed by atoms with Crippen molar-refractivity contribution < 1.29 is 9.47 Å². The first-order chi connectivity index (χ1) is 5.79. The van der Waals surface area contributed by atoms with Crippen molar-refractivity contribution in [3.63, 3.8) is 0 Å². The van der Waals surface area contributed by atoms with Crippen LogP contribution in [0.4, 0.5) is 0 Å². The maximum Gasteiger partial charge on any atom is 0.0620 e. The Morgan fingerprint density at radius 3 is 3.00 bits per heavy atom. The lowest BCUT2D eigenvalue weighted by molar-refractivity contribution is 0.0789. The van der Waals surface area contributed by atoms with Crippen molar-refractivity contribution in [1.82, 2.24) is 5.32 Å². The van der Waals surface area contributed by atoms with E-state index < -0.39 is 0 Å². The van der Waals surface area contributed by atoms with Gasteiger partial charge >= 0.3 is 0 Å². The van der Waals surface area contributed by atoms with Crippen LogP contribution in [0.15, 0.2) is 0 Å². The minimum atomic E-state index is 0.339. The fourth-order valence-corrected chi connectivity index (χ4v) is 1.25. The monoisotopic (exact) mass is 173 g/mol. The molecule has 1 rings (SSSR count). The van der Waals surface area contributed by atoms with Crippen molar-refractivity contribution in [2.45, 2.75) is 32.4 Å². The van der Waals surface area contributed by atoms with E-state index in [2.05, 4.69) is 19.2 Å². The van der Waals surface area contributed by atoms with Gasteiger partial charge < -0.3 is 14.8 Å². The lowest BCUT2D eigenvalue weighted by Crippen LogP contribution is -2.32. The van der Waals surface area contributed by atoms with Gasteiger partial charge in [-0.15, -0.1) is 0 Å². The van der Waals surface area contributed by atoms with E-state index in [1.54, 1.807) is 0 Å². The molecule has 1 aliphatic rings. The second kappa shape index (κ2) is 5.51. The Morgan fingerprint density at radius 2 is 2.42 bits per heavy atom. The molecule has 1 fully saturated rings. The molecule has 0 spiro atoms. The molecule has 1 atom stereocenters. The maximum atomic E-state index is 5.40. The quantitative estimate of drug-likeness (QED) is 0.623. The Labute approximate surface area is 74.4 Å². The van der Waals surface area contributed by atoms with Gasteiger partial charge in [0.2, 0.25) is 0 Å². The third kappa shape index (κ3) is 4.04. The number of ether oxygens (including phenoxy) is 2. The summed E-state index contributed by atoms with van der Waals surface area (Å²) in [6.07, 6.45) is 1.48. The second-order valence-electron chi connectivity index (χ2n) is 3.43. The number of hydrogen-bond acceptors (Lipinski definition) is 3. The third-order valence-corrected chi connectivity index (χ3v) is 1.92. The molecule has 0 radical (unpaired) electrons. The van der Waals surface area contributed by atoms with Gasteiger partial charge in [-0.2, -0.15) is 0 Å². The summed E-state index contributed by atoms with van der Waals surface area (Å²) in [6, 6.07) is 0.556. The highest BCUT2D eigenvalue weighted by Crippen LogP contribution is 2.02. The Balaban J connectivity index is 1.88. The molecule has 0 aromatic heterocycles. The van der Waals surface area contributed by atoms with Gasteiger partial charge in [-0.05, 0) is 20.3 Å². The summed E-state index contributed by atoms with van der Waals surface area (Å²) in [4.78, 5) is 0. The SMILES string of the molecule is CC(C)OCCNC1CCOC1. The summed E-state index contributed by atoms with van der Waals surface area (Å²) in [6.45, 7) is 7.61. The van der Waals surface area contributed by atoms with Crippen LogP contribution >= 0.6 is 0 Å². The lowest BCUT2D eigenvalue weighted by Gasteiger charge is -2.11. The molecular weight excluding hydrogens is 154 g/mol. The molecule has 1 N–H and O–H groups in total. The van der Waals surface area contributed by atoms with E-state index in [1.165, 1.54) is 0 Å². The molecule has 12 heavy (non-hydrogen) atoms. The fraction of sp³-hybridized carbons (Fsp3) is 1.00. The normalized spacial score (nSPS) is 23.8. The summed E-state index contributed by atoms with van der Waals surface area (Å²) in [5, 5.41) is 3.39. The zero-order valence-electron chi connectivity index (χ0n) is 8.01. The van der Waals surface area contributed by atoms with E-state index in [4.69, 9.17) is 9.47 Å². The van der Waals surface area contributed by atoms with E-state index in [9.17, 15) is 0 Å². The number of nitrogens with one attached hydrogen (secondary N) is 1. The summed E-state index contributed by atoms with van der Waals surface area (Å²) in [5.74, 6) is 0. The number of hydrogen-bond donors (Lipinski definition) is 1. The lowest BCUT2D eigenvalue weighted by atomic mass is 10.3. The first-order valence-corrected chi connectivity index (χ1v) is 4.72. The van der Waals surface area contributed by atoms with Crippen molar-refractivity contribution in [2.75, 3.05) is 26.4 Å². The molecular formula is C9H19NO2. The Morgan fingerprint density at radius 1 is 1.58 bits per heavy atom. The minimum Gasteiger partial charge on any atom is -0.380 e. The molecule has 3 nitrogen and oxygen atoms in total. The first-order valence-electron chi connectivity index (χ1n) is 4.72. The van der Waals surface area contributed by atoms with Crippen LogP contribution in [0.5, 0.6) is 0 Å². The van der Waals surface area contributed by atoms with E-state index in [0.29, 0.717) is 12.1 Å². The average molecular weight is 173 g/mol. The van der Waals surface area contributed by atoms with Crippen molar-refractivity contribution in [3.05, 3.63) is 0 Å². The fourth-order valence-electron chi connectivity index (χ4n) is 1.25. The zero-order valence-corrected chi connectivity index (χ0v) is 8.01. The Bertz CT molecular complexity index is 111. The average Bonchev–Trinajstić information content (AvgIpc) is 2.49. The minimum absolute atomic E-state index is 0.339. The molecule has 1 saturated heterocycles. The molecule has 1 unspecified atom stereocenters. The summed E-state index contributed by atoms with van der Waals surface area (Å²) < 4.78 is 10.6. The molecule has 3 heteroatoms. The summed E-state index contributed by atoms with van der Waals surface area (Å²) in [5.41, 5.74) is 0. The highest BCUT2D eigenvalue weighted by molar-refractivity contribution is 4.70. The standard InChI is InChI=1S/C9H19NO2/c1-8(2)12-6-4-10-9-3-5-11-7-9/h8-10H,3-7H2,1-2H3. The molecule has 1 heterocycles. The topological polar surface area (TPSA) is 30.5 Å². The highest BCUT2D eigenvalue weighted by Gasteiger charge is 2.13. The van der Waals surface area contributed by atoms with Gasteiger partial charge in [0.15, 0.2) is 0 Å². The van der Waals surface area contributed by atoms with Gasteiger partial charge in [-0.25, -0.2) is 0 Å². The molecule has 72 valence electrons.